The van der Waals surface area contributed by atoms with Crippen LogP contribution in [0.25, 0.3) is 11.3 Å². The molecule has 1 aromatic carbocycles. The number of carbonyl (C=O) groups is 2. The molecule has 1 aromatic heterocycles. The highest BCUT2D eigenvalue weighted by atomic mass is 35.5. The number of benzene rings is 1. The summed E-state index contributed by atoms with van der Waals surface area (Å²) in [5.41, 5.74) is 5.33. The van der Waals surface area contributed by atoms with Crippen LogP contribution in [0.1, 0.15) is 29.4 Å². The summed E-state index contributed by atoms with van der Waals surface area (Å²) in [6.07, 6.45) is -0.291. The lowest BCUT2D eigenvalue weighted by Gasteiger charge is -2.31. The van der Waals surface area contributed by atoms with Gasteiger partial charge in [0.05, 0.1) is 42.7 Å². The molecule has 6 nitrogen and oxygen atoms in total. The second-order valence-corrected chi connectivity index (χ2v) is 7.86. The number of hydrogen-bond acceptors (Lipinski definition) is 3. The van der Waals surface area contributed by atoms with E-state index in [1.54, 1.807) is 4.68 Å². The fourth-order valence-corrected chi connectivity index (χ4v) is 3.42. The maximum atomic E-state index is 13.5. The fourth-order valence-electron chi connectivity index (χ4n) is 3.24. The second-order valence-electron chi connectivity index (χ2n) is 7.46. The number of halogens is 4. The maximum Gasteiger partial charge on any atom is 0.252 e. The lowest BCUT2D eigenvalue weighted by Crippen LogP contribution is -2.42. The van der Waals surface area contributed by atoms with E-state index in [1.165, 1.54) is 24.0 Å². The standard InChI is InChI=1S/C19H20ClF3N4O2/c1-19(9-21,10-22)7-15(28)26-4-5-27-14(8-26)16(18(24)29)17(25-27)11-2-3-13(23)12(20)6-11/h2-3,6H,4-5,7-10H2,1H3,(H2,24,29). The van der Waals surface area contributed by atoms with Gasteiger partial charge in [0, 0.05) is 23.9 Å². The van der Waals surface area contributed by atoms with Crippen LogP contribution in [0.2, 0.25) is 5.02 Å². The van der Waals surface area contributed by atoms with Crippen LogP contribution in [0, 0.1) is 11.2 Å². The molecule has 3 rings (SSSR count). The number of aromatic nitrogens is 2. The van der Waals surface area contributed by atoms with Gasteiger partial charge < -0.3 is 10.6 Å². The summed E-state index contributed by atoms with van der Waals surface area (Å²) < 4.78 is 41.3. The van der Waals surface area contributed by atoms with Crippen molar-refractivity contribution in [2.75, 3.05) is 19.9 Å². The number of nitrogens with two attached hydrogens (primary N) is 1. The molecular weight excluding hydrogens is 409 g/mol. The van der Waals surface area contributed by atoms with Gasteiger partial charge >= 0.3 is 0 Å². The Bertz CT molecular complexity index is 959. The first kappa shape index (κ1) is 21.2. The predicted octanol–water partition coefficient (Wildman–Crippen LogP) is 3.12. The number of fused-ring (bicyclic) bond motifs is 1. The minimum Gasteiger partial charge on any atom is -0.365 e. The van der Waals surface area contributed by atoms with E-state index in [9.17, 15) is 22.8 Å². The maximum absolute atomic E-state index is 13.5. The van der Waals surface area contributed by atoms with Gasteiger partial charge in [-0.3, -0.25) is 23.1 Å². The van der Waals surface area contributed by atoms with E-state index in [0.29, 0.717) is 11.3 Å². The van der Waals surface area contributed by atoms with Crippen LogP contribution in [0.15, 0.2) is 18.2 Å². The number of carbonyl (C=O) groups excluding carboxylic acids is 2. The summed E-state index contributed by atoms with van der Waals surface area (Å²) in [5, 5.41) is 4.26. The van der Waals surface area contributed by atoms with E-state index >= 15 is 0 Å². The normalized spacial score (nSPS) is 14.0. The van der Waals surface area contributed by atoms with Crippen molar-refractivity contribution in [3.63, 3.8) is 0 Å². The first-order chi connectivity index (χ1) is 13.7. The van der Waals surface area contributed by atoms with Gasteiger partial charge in [-0.05, 0) is 18.2 Å². The Kier molecular flexibility index (Phi) is 5.88. The van der Waals surface area contributed by atoms with Crippen molar-refractivity contribution in [2.45, 2.75) is 26.4 Å². The van der Waals surface area contributed by atoms with Gasteiger partial charge in [-0.25, -0.2) is 4.39 Å². The minimum atomic E-state index is -1.38. The van der Waals surface area contributed by atoms with Crippen molar-refractivity contribution >= 4 is 23.4 Å². The van der Waals surface area contributed by atoms with E-state index in [-0.39, 0.29) is 42.3 Å². The molecular formula is C19H20ClF3N4O2. The molecule has 2 heterocycles. The zero-order valence-electron chi connectivity index (χ0n) is 15.7. The molecule has 29 heavy (non-hydrogen) atoms. The van der Waals surface area contributed by atoms with Gasteiger partial charge in [0.2, 0.25) is 5.91 Å². The van der Waals surface area contributed by atoms with E-state index in [4.69, 9.17) is 17.3 Å². The van der Waals surface area contributed by atoms with Gasteiger partial charge in [-0.15, -0.1) is 0 Å². The van der Waals surface area contributed by atoms with Crippen molar-refractivity contribution in [1.82, 2.24) is 14.7 Å². The Hall–Kier alpha value is -2.55. The van der Waals surface area contributed by atoms with E-state index < -0.39 is 36.4 Å². The molecule has 0 fully saturated rings. The molecule has 2 aromatic rings. The number of hydrogen-bond donors (Lipinski definition) is 1. The number of amides is 2. The van der Waals surface area contributed by atoms with E-state index in [0.717, 1.165) is 6.07 Å². The molecule has 0 bridgehead atoms. The Morgan fingerprint density at radius 3 is 2.55 bits per heavy atom. The van der Waals surface area contributed by atoms with Crippen LogP contribution < -0.4 is 5.73 Å². The van der Waals surface area contributed by atoms with Gasteiger partial charge in [0.25, 0.3) is 5.91 Å². The lowest BCUT2D eigenvalue weighted by atomic mass is 9.89. The summed E-state index contributed by atoms with van der Waals surface area (Å²) in [7, 11) is 0. The summed E-state index contributed by atoms with van der Waals surface area (Å²) in [6, 6.07) is 3.93. The molecule has 0 atom stereocenters. The van der Waals surface area contributed by atoms with Crippen LogP contribution in [-0.4, -0.2) is 46.4 Å². The third-order valence-electron chi connectivity index (χ3n) is 5.00. The summed E-state index contributed by atoms with van der Waals surface area (Å²) >= 11 is 5.84. The zero-order chi connectivity index (χ0) is 21.3. The number of nitrogens with zero attached hydrogens (tertiary/aromatic N) is 3. The van der Waals surface area contributed by atoms with Gasteiger partial charge in [0.15, 0.2) is 0 Å². The fraction of sp³-hybridized carbons (Fsp3) is 0.421. The molecule has 0 saturated carbocycles. The molecule has 1 aliphatic rings. The van der Waals surface area contributed by atoms with Crippen LogP contribution in [0.5, 0.6) is 0 Å². The van der Waals surface area contributed by atoms with Crippen molar-refractivity contribution in [1.29, 1.82) is 0 Å². The monoisotopic (exact) mass is 428 g/mol. The van der Waals surface area contributed by atoms with E-state index in [2.05, 4.69) is 5.10 Å². The molecule has 2 N–H and O–H groups in total. The molecule has 10 heteroatoms. The quantitative estimate of drug-likeness (QED) is 0.767. The van der Waals surface area contributed by atoms with Gasteiger partial charge in [-0.2, -0.15) is 5.10 Å². The number of primary amides is 1. The SMILES string of the molecule is CC(CF)(CF)CC(=O)N1CCn2nc(-c3ccc(F)c(Cl)c3)c(C(N)=O)c2C1. The van der Waals surface area contributed by atoms with Crippen LogP contribution in [0.4, 0.5) is 13.2 Å². The molecule has 0 spiro atoms. The molecule has 1 aliphatic heterocycles. The number of rotatable bonds is 6. The average molecular weight is 429 g/mol. The first-order valence-electron chi connectivity index (χ1n) is 8.93. The summed E-state index contributed by atoms with van der Waals surface area (Å²) in [6.45, 7) is 0.0201. The molecule has 156 valence electrons. The second kappa shape index (κ2) is 8.06. The highest BCUT2D eigenvalue weighted by molar-refractivity contribution is 6.31. The van der Waals surface area contributed by atoms with Crippen molar-refractivity contribution < 1.29 is 22.8 Å². The van der Waals surface area contributed by atoms with Crippen molar-refractivity contribution in [3.8, 4) is 11.3 Å². The predicted molar refractivity (Wildman–Crippen MR) is 101 cm³/mol. The summed E-state index contributed by atoms with van der Waals surface area (Å²) in [4.78, 5) is 26.1. The third-order valence-corrected chi connectivity index (χ3v) is 5.29. The zero-order valence-corrected chi connectivity index (χ0v) is 16.5. The summed E-state index contributed by atoms with van der Waals surface area (Å²) in [5.74, 6) is -1.79. The molecule has 0 saturated heterocycles. The Morgan fingerprint density at radius 2 is 1.97 bits per heavy atom. The van der Waals surface area contributed by atoms with Gasteiger partial charge in [0.1, 0.15) is 11.5 Å². The minimum absolute atomic E-state index is 0.0215. The highest BCUT2D eigenvalue weighted by Gasteiger charge is 2.34. The third kappa shape index (κ3) is 4.10. The molecule has 0 radical (unpaired) electrons. The molecule has 0 unspecified atom stereocenters. The first-order valence-corrected chi connectivity index (χ1v) is 9.31. The van der Waals surface area contributed by atoms with E-state index in [1.807, 2.05) is 0 Å². The topological polar surface area (TPSA) is 81.2 Å². The average Bonchev–Trinajstić information content (AvgIpc) is 3.08. The highest BCUT2D eigenvalue weighted by Crippen LogP contribution is 2.31. The van der Waals surface area contributed by atoms with Crippen molar-refractivity contribution in [2.24, 2.45) is 11.1 Å². The Balaban J connectivity index is 1.94. The van der Waals surface area contributed by atoms with Crippen LogP contribution >= 0.6 is 11.6 Å². The van der Waals surface area contributed by atoms with Crippen molar-refractivity contribution in [3.05, 3.63) is 40.3 Å². The molecule has 0 aliphatic carbocycles. The van der Waals surface area contributed by atoms with Crippen LogP contribution in [-0.2, 0) is 17.9 Å². The van der Waals surface area contributed by atoms with Crippen LogP contribution in [0.3, 0.4) is 0 Å². The molecule has 2 amide bonds. The largest absolute Gasteiger partial charge is 0.365 e. The van der Waals surface area contributed by atoms with Gasteiger partial charge in [-0.1, -0.05) is 18.5 Å². The smallest absolute Gasteiger partial charge is 0.252 e. The number of alkyl halides is 2. The Morgan fingerprint density at radius 1 is 1.28 bits per heavy atom. The lowest BCUT2D eigenvalue weighted by molar-refractivity contribution is -0.135. The Labute approximate surface area is 170 Å².